The summed E-state index contributed by atoms with van der Waals surface area (Å²) in [6.45, 7) is 4.41. The Labute approximate surface area is 90.0 Å². The van der Waals surface area contributed by atoms with Crippen molar-refractivity contribution in [1.82, 2.24) is 5.32 Å². The van der Waals surface area contributed by atoms with Crippen LogP contribution in [0.1, 0.15) is 20.3 Å². The number of aliphatic hydroxyl groups is 1. The van der Waals surface area contributed by atoms with E-state index in [0.717, 1.165) is 0 Å². The van der Waals surface area contributed by atoms with Gasteiger partial charge in [0.1, 0.15) is 0 Å². The zero-order chi connectivity index (χ0) is 11.4. The molecule has 4 atom stereocenters. The van der Waals surface area contributed by atoms with E-state index in [1.165, 1.54) is 0 Å². The van der Waals surface area contributed by atoms with Gasteiger partial charge in [-0.15, -0.1) is 0 Å². The minimum absolute atomic E-state index is 0.0368. The van der Waals surface area contributed by atoms with Crippen molar-refractivity contribution in [2.45, 2.75) is 38.5 Å². The second-order valence-corrected chi connectivity index (χ2v) is 4.30. The summed E-state index contributed by atoms with van der Waals surface area (Å²) in [5.74, 6) is -0.324. The van der Waals surface area contributed by atoms with Crippen LogP contribution in [0.15, 0.2) is 0 Å². The Morgan fingerprint density at radius 2 is 2.27 bits per heavy atom. The first kappa shape index (κ1) is 12.4. The Morgan fingerprint density at radius 1 is 1.60 bits per heavy atom. The molecule has 0 radical (unpaired) electrons. The summed E-state index contributed by atoms with van der Waals surface area (Å²) < 4.78 is 5.12. The maximum atomic E-state index is 11.7. The minimum atomic E-state index is -0.409. The quantitative estimate of drug-likeness (QED) is 0.576. The molecule has 1 aliphatic heterocycles. The summed E-state index contributed by atoms with van der Waals surface area (Å²) in [6.07, 6.45) is 0.142. The monoisotopic (exact) mass is 216 g/mol. The smallest absolute Gasteiger partial charge is 0.227 e. The van der Waals surface area contributed by atoms with Crippen LogP contribution >= 0.6 is 0 Å². The summed E-state index contributed by atoms with van der Waals surface area (Å²) in [5, 5.41) is 12.0. The van der Waals surface area contributed by atoms with Crippen LogP contribution in [0, 0.1) is 5.92 Å². The van der Waals surface area contributed by atoms with Crippen molar-refractivity contribution in [2.24, 2.45) is 11.7 Å². The zero-order valence-electron chi connectivity index (χ0n) is 9.27. The van der Waals surface area contributed by atoms with Gasteiger partial charge < -0.3 is 20.9 Å². The molecule has 5 nitrogen and oxygen atoms in total. The fraction of sp³-hybridized carbons (Fsp3) is 0.900. The van der Waals surface area contributed by atoms with E-state index in [4.69, 9.17) is 15.6 Å². The van der Waals surface area contributed by atoms with Crippen LogP contribution in [0.3, 0.4) is 0 Å². The average Bonchev–Trinajstić information content (AvgIpc) is 2.49. The Morgan fingerprint density at radius 3 is 2.73 bits per heavy atom. The highest BCUT2D eigenvalue weighted by Crippen LogP contribution is 2.12. The third-order valence-electron chi connectivity index (χ3n) is 2.54. The third-order valence-corrected chi connectivity index (χ3v) is 2.54. The molecule has 4 N–H and O–H groups in total. The van der Waals surface area contributed by atoms with Crippen LogP contribution < -0.4 is 11.1 Å². The van der Waals surface area contributed by atoms with Crippen molar-refractivity contribution < 1.29 is 14.6 Å². The lowest BCUT2D eigenvalue weighted by atomic mass is 10.0. The molecular weight excluding hydrogens is 196 g/mol. The largest absolute Gasteiger partial charge is 0.393 e. The van der Waals surface area contributed by atoms with Crippen molar-refractivity contribution >= 4 is 5.91 Å². The number of nitrogens with two attached hydrogens (primary N) is 1. The molecule has 4 unspecified atom stereocenters. The first-order chi connectivity index (χ1) is 7.00. The highest BCUT2D eigenvalue weighted by Gasteiger charge is 2.31. The Bertz CT molecular complexity index is 221. The molecule has 0 aliphatic carbocycles. The van der Waals surface area contributed by atoms with Gasteiger partial charge in [0.15, 0.2) is 0 Å². The Hall–Kier alpha value is -0.650. The molecule has 0 aromatic rings. The topological polar surface area (TPSA) is 84.6 Å². The maximum absolute atomic E-state index is 11.7. The molecule has 1 rings (SSSR count). The number of carbonyl (C=O) groups is 1. The maximum Gasteiger partial charge on any atom is 0.227 e. The van der Waals surface area contributed by atoms with E-state index in [0.29, 0.717) is 19.6 Å². The number of aliphatic hydroxyl groups excluding tert-OH is 1. The van der Waals surface area contributed by atoms with Gasteiger partial charge in [-0.1, -0.05) is 0 Å². The van der Waals surface area contributed by atoms with Gasteiger partial charge in [-0.3, -0.25) is 4.79 Å². The third kappa shape index (κ3) is 3.77. The molecule has 0 aromatic carbocycles. The van der Waals surface area contributed by atoms with Crippen molar-refractivity contribution in [2.75, 3.05) is 13.2 Å². The van der Waals surface area contributed by atoms with Gasteiger partial charge >= 0.3 is 0 Å². The fourth-order valence-electron chi connectivity index (χ4n) is 1.76. The van der Waals surface area contributed by atoms with E-state index in [-0.39, 0.29) is 23.9 Å². The van der Waals surface area contributed by atoms with E-state index in [9.17, 15) is 4.79 Å². The summed E-state index contributed by atoms with van der Waals surface area (Å²) in [7, 11) is 0. The first-order valence-electron chi connectivity index (χ1n) is 5.32. The highest BCUT2D eigenvalue weighted by atomic mass is 16.5. The highest BCUT2D eigenvalue weighted by molar-refractivity contribution is 5.80. The fourth-order valence-corrected chi connectivity index (χ4v) is 1.76. The molecule has 1 heterocycles. The first-order valence-corrected chi connectivity index (χ1v) is 5.32. The molecule has 0 aromatic heterocycles. The average molecular weight is 216 g/mol. The van der Waals surface area contributed by atoms with Gasteiger partial charge in [-0.05, 0) is 20.3 Å². The van der Waals surface area contributed by atoms with E-state index >= 15 is 0 Å². The number of amides is 1. The number of rotatable bonds is 4. The summed E-state index contributed by atoms with van der Waals surface area (Å²) in [6, 6.07) is -0.242. The standard InChI is InChI=1S/C10H20N2O3/c1-6(3-7(2)13)12-10(14)8-4-15-5-9(8)11/h6-9,13H,3-5,11H2,1-2H3,(H,12,14). The molecule has 88 valence electrons. The number of hydrogen-bond acceptors (Lipinski definition) is 4. The van der Waals surface area contributed by atoms with Gasteiger partial charge in [0.05, 0.1) is 25.2 Å². The van der Waals surface area contributed by atoms with Gasteiger partial charge in [-0.2, -0.15) is 0 Å². The lowest BCUT2D eigenvalue weighted by Crippen LogP contribution is -2.44. The van der Waals surface area contributed by atoms with Crippen LogP contribution in [0.25, 0.3) is 0 Å². The summed E-state index contributed by atoms with van der Waals surface area (Å²) >= 11 is 0. The van der Waals surface area contributed by atoms with E-state index in [1.54, 1.807) is 6.92 Å². The lowest BCUT2D eigenvalue weighted by molar-refractivity contribution is -0.126. The Kier molecular flexibility index (Phi) is 4.50. The predicted molar refractivity (Wildman–Crippen MR) is 56.2 cm³/mol. The van der Waals surface area contributed by atoms with E-state index < -0.39 is 6.10 Å². The molecule has 0 saturated carbocycles. The second-order valence-electron chi connectivity index (χ2n) is 4.30. The summed E-state index contributed by atoms with van der Waals surface area (Å²) in [5.41, 5.74) is 5.72. The molecule has 1 fully saturated rings. The van der Waals surface area contributed by atoms with Crippen molar-refractivity contribution in [3.63, 3.8) is 0 Å². The molecule has 1 saturated heterocycles. The number of carbonyl (C=O) groups excluding carboxylic acids is 1. The van der Waals surface area contributed by atoms with Crippen molar-refractivity contribution in [3.05, 3.63) is 0 Å². The molecule has 0 spiro atoms. The SMILES string of the molecule is CC(O)CC(C)NC(=O)C1COCC1N. The van der Waals surface area contributed by atoms with Gasteiger partial charge in [0, 0.05) is 12.1 Å². The number of ether oxygens (including phenoxy) is 1. The van der Waals surface area contributed by atoms with Crippen LogP contribution in [0.2, 0.25) is 0 Å². The molecule has 0 bridgehead atoms. The van der Waals surface area contributed by atoms with Crippen LogP contribution in [-0.4, -0.2) is 42.4 Å². The minimum Gasteiger partial charge on any atom is -0.393 e. The zero-order valence-corrected chi connectivity index (χ0v) is 9.27. The van der Waals surface area contributed by atoms with E-state index in [1.807, 2.05) is 6.92 Å². The number of nitrogens with one attached hydrogen (secondary N) is 1. The van der Waals surface area contributed by atoms with Crippen LogP contribution in [0.4, 0.5) is 0 Å². The summed E-state index contributed by atoms with van der Waals surface area (Å²) in [4.78, 5) is 11.7. The second kappa shape index (κ2) is 5.44. The molecule has 5 heteroatoms. The Balaban J connectivity index is 2.34. The van der Waals surface area contributed by atoms with Crippen molar-refractivity contribution in [3.8, 4) is 0 Å². The van der Waals surface area contributed by atoms with Gasteiger partial charge in [0.25, 0.3) is 0 Å². The molecular formula is C10H20N2O3. The van der Waals surface area contributed by atoms with Crippen molar-refractivity contribution in [1.29, 1.82) is 0 Å². The molecule has 15 heavy (non-hydrogen) atoms. The normalized spacial score (nSPS) is 29.9. The number of hydrogen-bond donors (Lipinski definition) is 3. The van der Waals surface area contributed by atoms with Crippen LogP contribution in [0.5, 0.6) is 0 Å². The molecule has 1 amide bonds. The lowest BCUT2D eigenvalue weighted by Gasteiger charge is -2.19. The predicted octanol–water partition coefficient (Wildman–Crippen LogP) is -0.764. The van der Waals surface area contributed by atoms with Crippen LogP contribution in [-0.2, 0) is 9.53 Å². The molecule has 1 aliphatic rings. The van der Waals surface area contributed by atoms with Gasteiger partial charge in [0.2, 0.25) is 5.91 Å². The van der Waals surface area contributed by atoms with E-state index in [2.05, 4.69) is 5.32 Å². The van der Waals surface area contributed by atoms with Gasteiger partial charge in [-0.25, -0.2) is 0 Å².